The maximum atomic E-state index is 14.1. The van der Waals surface area contributed by atoms with E-state index in [0.717, 1.165) is 23.1 Å². The van der Waals surface area contributed by atoms with Gasteiger partial charge in [-0.1, -0.05) is 12.1 Å². The minimum absolute atomic E-state index is 0.154. The van der Waals surface area contributed by atoms with Gasteiger partial charge in [-0.25, -0.2) is 8.78 Å². The summed E-state index contributed by atoms with van der Waals surface area (Å²) < 4.78 is 27.9. The molecule has 5 heteroatoms. The van der Waals surface area contributed by atoms with Gasteiger partial charge in [0, 0.05) is 30.2 Å². The van der Waals surface area contributed by atoms with E-state index in [1.807, 2.05) is 17.9 Å². The summed E-state index contributed by atoms with van der Waals surface area (Å²) in [7, 11) is 0. The molecule has 0 radical (unpaired) electrons. The topological polar surface area (TPSA) is 39.3 Å². The van der Waals surface area contributed by atoms with E-state index in [1.54, 1.807) is 6.07 Å². The van der Waals surface area contributed by atoms with Crippen LogP contribution in [0.4, 0.5) is 8.78 Å². The highest BCUT2D eigenvalue weighted by Gasteiger charge is 2.32. The Morgan fingerprint density at radius 3 is 2.95 bits per heavy atom. The first-order valence-electron chi connectivity index (χ1n) is 7.23. The van der Waals surface area contributed by atoms with Gasteiger partial charge in [0.2, 0.25) is 0 Å². The van der Waals surface area contributed by atoms with Gasteiger partial charge in [0.25, 0.3) is 0 Å². The number of hydrogen-bond donors (Lipinski definition) is 2. The molecule has 2 heterocycles. The first kappa shape index (κ1) is 14.5. The number of aromatic amines is 1. The van der Waals surface area contributed by atoms with E-state index in [1.165, 1.54) is 13.0 Å². The minimum Gasteiger partial charge on any atom is -0.393 e. The van der Waals surface area contributed by atoms with Crippen LogP contribution in [0.2, 0.25) is 0 Å². The van der Waals surface area contributed by atoms with Crippen molar-refractivity contribution in [1.82, 2.24) is 9.88 Å². The molecule has 3 nitrogen and oxygen atoms in total. The molecule has 0 amide bonds. The van der Waals surface area contributed by atoms with E-state index in [-0.39, 0.29) is 18.4 Å². The monoisotopic (exact) mass is 294 g/mol. The lowest BCUT2D eigenvalue weighted by Gasteiger charge is -2.36. The van der Waals surface area contributed by atoms with Gasteiger partial charge >= 0.3 is 0 Å². The predicted octanol–water partition coefficient (Wildman–Crippen LogP) is 2.77. The second kappa shape index (κ2) is 5.07. The van der Waals surface area contributed by atoms with E-state index < -0.39 is 12.3 Å². The summed E-state index contributed by atoms with van der Waals surface area (Å²) in [5.41, 5.74) is 0.977. The van der Waals surface area contributed by atoms with E-state index in [0.29, 0.717) is 12.1 Å². The summed E-state index contributed by atoms with van der Waals surface area (Å²) in [5.74, 6) is -0.258. The van der Waals surface area contributed by atoms with Crippen LogP contribution in [-0.2, 0) is 13.0 Å². The highest BCUT2D eigenvalue weighted by atomic mass is 19.1. The Labute approximate surface area is 122 Å². The smallest absolute Gasteiger partial charge is 0.147 e. The Morgan fingerprint density at radius 2 is 2.24 bits per heavy atom. The Morgan fingerprint density at radius 1 is 1.48 bits per heavy atom. The number of halogens is 2. The van der Waals surface area contributed by atoms with Gasteiger partial charge in [-0.15, -0.1) is 0 Å². The van der Waals surface area contributed by atoms with Crippen molar-refractivity contribution in [3.8, 4) is 0 Å². The van der Waals surface area contributed by atoms with Crippen LogP contribution in [0.3, 0.4) is 0 Å². The Bertz CT molecular complexity index is 666. The van der Waals surface area contributed by atoms with Crippen molar-refractivity contribution in [2.75, 3.05) is 13.2 Å². The molecule has 0 bridgehead atoms. The highest BCUT2D eigenvalue weighted by Crippen LogP contribution is 2.32. The fourth-order valence-corrected chi connectivity index (χ4v) is 3.13. The molecule has 0 fully saturated rings. The van der Waals surface area contributed by atoms with Crippen LogP contribution in [-0.4, -0.2) is 39.9 Å². The second-order valence-corrected chi connectivity index (χ2v) is 6.27. The third kappa shape index (κ3) is 2.56. The molecule has 2 aromatic rings. The highest BCUT2D eigenvalue weighted by molar-refractivity contribution is 5.85. The van der Waals surface area contributed by atoms with Gasteiger partial charge in [-0.05, 0) is 31.9 Å². The number of nitrogens with one attached hydrogen (secondary N) is 1. The number of rotatable bonds is 3. The Hall–Kier alpha value is -1.46. The molecular formula is C16H20F2N2O. The van der Waals surface area contributed by atoms with Gasteiger partial charge in [-0.2, -0.15) is 0 Å². The molecule has 1 aromatic carbocycles. The number of para-hydroxylation sites is 1. The number of benzene rings is 1. The molecule has 1 aromatic heterocycles. The van der Waals surface area contributed by atoms with Crippen molar-refractivity contribution in [3.05, 3.63) is 35.3 Å². The average molecular weight is 294 g/mol. The molecular weight excluding hydrogens is 274 g/mol. The van der Waals surface area contributed by atoms with E-state index in [2.05, 4.69) is 4.98 Å². The number of hydrogen-bond acceptors (Lipinski definition) is 2. The number of nitrogens with zero attached hydrogens (tertiary/aromatic N) is 1. The molecule has 2 atom stereocenters. The van der Waals surface area contributed by atoms with Crippen LogP contribution in [0.25, 0.3) is 10.9 Å². The van der Waals surface area contributed by atoms with Gasteiger partial charge in [0.05, 0.1) is 12.1 Å². The van der Waals surface area contributed by atoms with Crippen LogP contribution in [0.5, 0.6) is 0 Å². The summed E-state index contributed by atoms with van der Waals surface area (Å²) in [4.78, 5) is 5.13. The quantitative estimate of drug-likeness (QED) is 0.913. The minimum atomic E-state index is -1.62. The number of alkyl halides is 1. The maximum absolute atomic E-state index is 14.1. The summed E-state index contributed by atoms with van der Waals surface area (Å²) in [6.07, 6.45) is 0.750. The normalized spacial score (nSPS) is 22.2. The Kier molecular flexibility index (Phi) is 3.50. The fraction of sp³-hybridized carbons (Fsp3) is 0.500. The number of aliphatic hydroxyl groups excluding tert-OH is 1. The van der Waals surface area contributed by atoms with Gasteiger partial charge in [0.15, 0.2) is 0 Å². The molecule has 0 saturated carbocycles. The molecule has 1 aliphatic heterocycles. The Balaban J connectivity index is 1.95. The zero-order chi connectivity index (χ0) is 15.2. The summed E-state index contributed by atoms with van der Waals surface area (Å²) in [5, 5.41) is 10.0. The molecule has 21 heavy (non-hydrogen) atoms. The number of fused-ring (bicyclic) bond motifs is 3. The summed E-state index contributed by atoms with van der Waals surface area (Å²) in [6.45, 7) is 3.66. The summed E-state index contributed by atoms with van der Waals surface area (Å²) >= 11 is 0. The van der Waals surface area contributed by atoms with Gasteiger partial charge < -0.3 is 10.1 Å². The largest absolute Gasteiger partial charge is 0.393 e. The van der Waals surface area contributed by atoms with Crippen LogP contribution in [0, 0.1) is 5.82 Å². The van der Waals surface area contributed by atoms with Crippen molar-refractivity contribution in [2.45, 2.75) is 38.5 Å². The standard InChI is InChI=1S/C16H20F2N2O/c1-10-6-12-11-4-3-5-13(17)15(11)19-14(12)7-20(10)8-16(2,18)9-21/h3-5,10,19,21H,6-9H2,1-2H3. The van der Waals surface area contributed by atoms with Gasteiger partial charge in [0.1, 0.15) is 11.5 Å². The first-order chi connectivity index (χ1) is 9.91. The molecule has 3 rings (SSSR count). The molecule has 0 aliphatic carbocycles. The molecule has 0 spiro atoms. The number of aromatic nitrogens is 1. The van der Waals surface area contributed by atoms with Gasteiger partial charge in [-0.3, -0.25) is 4.90 Å². The van der Waals surface area contributed by atoms with Crippen molar-refractivity contribution in [2.24, 2.45) is 0 Å². The third-order valence-corrected chi connectivity index (χ3v) is 4.33. The fourth-order valence-electron chi connectivity index (χ4n) is 3.13. The molecule has 1 aliphatic rings. The summed E-state index contributed by atoms with van der Waals surface area (Å²) in [6, 6.07) is 5.23. The SMILES string of the molecule is CC1Cc2c([nH]c3c(F)cccc23)CN1CC(C)(F)CO. The molecule has 114 valence electrons. The number of aliphatic hydroxyl groups is 1. The molecule has 2 N–H and O–H groups in total. The maximum Gasteiger partial charge on any atom is 0.147 e. The lowest BCUT2D eigenvalue weighted by Crippen LogP contribution is -2.46. The second-order valence-electron chi connectivity index (χ2n) is 6.27. The number of H-pyrrole nitrogens is 1. The third-order valence-electron chi connectivity index (χ3n) is 4.33. The zero-order valence-electron chi connectivity index (χ0n) is 12.3. The van der Waals surface area contributed by atoms with Crippen molar-refractivity contribution < 1.29 is 13.9 Å². The lowest BCUT2D eigenvalue weighted by atomic mass is 9.96. The van der Waals surface area contributed by atoms with Crippen molar-refractivity contribution >= 4 is 10.9 Å². The zero-order valence-corrected chi connectivity index (χ0v) is 12.3. The van der Waals surface area contributed by atoms with E-state index in [9.17, 15) is 8.78 Å². The van der Waals surface area contributed by atoms with Crippen LogP contribution < -0.4 is 0 Å². The molecule has 0 saturated heterocycles. The van der Waals surface area contributed by atoms with Crippen LogP contribution in [0.15, 0.2) is 18.2 Å². The van der Waals surface area contributed by atoms with E-state index >= 15 is 0 Å². The molecule has 2 unspecified atom stereocenters. The first-order valence-corrected chi connectivity index (χ1v) is 7.23. The van der Waals surface area contributed by atoms with Crippen LogP contribution >= 0.6 is 0 Å². The predicted molar refractivity (Wildman–Crippen MR) is 78.4 cm³/mol. The van der Waals surface area contributed by atoms with Crippen LogP contribution in [0.1, 0.15) is 25.1 Å². The van der Waals surface area contributed by atoms with E-state index in [4.69, 9.17) is 5.11 Å². The van der Waals surface area contributed by atoms with Crippen molar-refractivity contribution in [3.63, 3.8) is 0 Å². The van der Waals surface area contributed by atoms with Crippen molar-refractivity contribution in [1.29, 1.82) is 0 Å². The average Bonchev–Trinajstić information content (AvgIpc) is 2.78. The lowest BCUT2D eigenvalue weighted by molar-refractivity contribution is 0.0277.